The van der Waals surface area contributed by atoms with Gasteiger partial charge in [-0.3, -0.25) is 4.79 Å². The van der Waals surface area contributed by atoms with Crippen molar-refractivity contribution in [2.24, 2.45) is 0 Å². The summed E-state index contributed by atoms with van der Waals surface area (Å²) in [6.07, 6.45) is 2.11. The molecule has 0 spiro atoms. The van der Waals surface area contributed by atoms with Crippen molar-refractivity contribution in [1.82, 2.24) is 0 Å². The summed E-state index contributed by atoms with van der Waals surface area (Å²) in [6, 6.07) is 4.28. The summed E-state index contributed by atoms with van der Waals surface area (Å²) in [7, 11) is 1.37. The summed E-state index contributed by atoms with van der Waals surface area (Å²) in [4.78, 5) is 11.3. The second-order valence-electron chi connectivity index (χ2n) is 4.09. The first-order valence-electron chi connectivity index (χ1n) is 5.17. The first-order valence-corrected chi connectivity index (χ1v) is 5.17. The van der Waals surface area contributed by atoms with E-state index in [9.17, 15) is 14.3 Å². The number of halogens is 1. The summed E-state index contributed by atoms with van der Waals surface area (Å²) in [5.41, 5.74) is -0.203. The van der Waals surface area contributed by atoms with Crippen LogP contribution in [-0.4, -0.2) is 18.2 Å². The smallest absolute Gasteiger partial charge is 0.314 e. The van der Waals surface area contributed by atoms with Gasteiger partial charge in [-0.25, -0.2) is 4.39 Å². The van der Waals surface area contributed by atoms with E-state index < -0.39 is 17.2 Å². The van der Waals surface area contributed by atoms with Crippen LogP contribution in [0.25, 0.3) is 0 Å². The molecular weight excluding hydrogens is 211 g/mol. The molecule has 3 nitrogen and oxygen atoms in total. The molecule has 0 amide bonds. The number of ether oxygens (including phenoxy) is 1. The van der Waals surface area contributed by atoms with E-state index in [1.165, 1.54) is 25.3 Å². The maximum absolute atomic E-state index is 13.2. The number of carbonyl (C=O) groups is 1. The lowest BCUT2D eigenvalue weighted by Gasteiger charge is -2.38. The van der Waals surface area contributed by atoms with E-state index in [0.717, 1.165) is 6.42 Å². The number of hydrogen-bond acceptors (Lipinski definition) is 2. The fourth-order valence-corrected chi connectivity index (χ4v) is 2.11. The maximum Gasteiger partial charge on any atom is 0.314 e. The predicted molar refractivity (Wildman–Crippen MR) is 56.1 cm³/mol. The van der Waals surface area contributed by atoms with Crippen LogP contribution in [0.4, 0.5) is 4.39 Å². The van der Waals surface area contributed by atoms with Crippen LogP contribution in [0.3, 0.4) is 0 Å². The molecule has 0 aliphatic heterocycles. The highest BCUT2D eigenvalue weighted by molar-refractivity contribution is 5.82. The summed E-state index contributed by atoms with van der Waals surface area (Å²) >= 11 is 0. The Hall–Kier alpha value is -1.58. The van der Waals surface area contributed by atoms with Gasteiger partial charge >= 0.3 is 5.97 Å². The normalized spacial score (nSPS) is 17.6. The molecule has 16 heavy (non-hydrogen) atoms. The largest absolute Gasteiger partial charge is 0.494 e. The first kappa shape index (κ1) is 10.9. The van der Waals surface area contributed by atoms with Crippen LogP contribution in [0, 0.1) is 5.82 Å². The summed E-state index contributed by atoms with van der Waals surface area (Å²) in [5.74, 6) is -1.21. The lowest BCUT2D eigenvalue weighted by atomic mass is 9.64. The van der Waals surface area contributed by atoms with Crippen molar-refractivity contribution < 1.29 is 19.0 Å². The van der Waals surface area contributed by atoms with E-state index in [2.05, 4.69) is 0 Å². The van der Waals surface area contributed by atoms with Gasteiger partial charge in [0.1, 0.15) is 0 Å². The molecule has 0 saturated heterocycles. The molecule has 1 aromatic rings. The van der Waals surface area contributed by atoms with E-state index in [0.29, 0.717) is 18.4 Å². The van der Waals surface area contributed by atoms with Crippen LogP contribution in [0.5, 0.6) is 5.75 Å². The number of methoxy groups -OCH3 is 1. The van der Waals surface area contributed by atoms with Crippen molar-refractivity contribution in [1.29, 1.82) is 0 Å². The van der Waals surface area contributed by atoms with E-state index >= 15 is 0 Å². The van der Waals surface area contributed by atoms with Gasteiger partial charge < -0.3 is 9.84 Å². The molecular formula is C12H13FO3. The fraction of sp³-hybridized carbons (Fsp3) is 0.417. The maximum atomic E-state index is 13.2. The van der Waals surface area contributed by atoms with E-state index in [1.807, 2.05) is 0 Å². The van der Waals surface area contributed by atoms with Crippen LogP contribution in [0.15, 0.2) is 18.2 Å². The first-order chi connectivity index (χ1) is 7.60. The second-order valence-corrected chi connectivity index (χ2v) is 4.09. The number of rotatable bonds is 3. The van der Waals surface area contributed by atoms with Crippen molar-refractivity contribution in [2.45, 2.75) is 24.7 Å². The molecule has 0 atom stereocenters. The summed E-state index contributed by atoms with van der Waals surface area (Å²) < 4.78 is 18.1. The highest BCUT2D eigenvalue weighted by Gasteiger charge is 2.46. The molecule has 1 aliphatic rings. The third kappa shape index (κ3) is 1.45. The van der Waals surface area contributed by atoms with Gasteiger partial charge in [-0.15, -0.1) is 0 Å². The fourth-order valence-electron chi connectivity index (χ4n) is 2.11. The van der Waals surface area contributed by atoms with Crippen LogP contribution in [-0.2, 0) is 10.2 Å². The van der Waals surface area contributed by atoms with Crippen LogP contribution >= 0.6 is 0 Å². The standard InChI is InChI=1S/C12H13FO3/c1-16-10-7-8(3-4-9(10)13)12(11(14)15)5-2-6-12/h3-4,7H,2,5-6H2,1H3,(H,14,15). The van der Waals surface area contributed by atoms with Gasteiger partial charge in [-0.1, -0.05) is 12.5 Å². The van der Waals surface area contributed by atoms with Crippen LogP contribution in [0.1, 0.15) is 24.8 Å². The second kappa shape index (κ2) is 3.77. The zero-order valence-electron chi connectivity index (χ0n) is 9.00. The lowest BCUT2D eigenvalue weighted by Crippen LogP contribution is -2.42. The molecule has 0 unspecified atom stereocenters. The minimum Gasteiger partial charge on any atom is -0.494 e. The summed E-state index contributed by atoms with van der Waals surface area (Å²) in [5, 5.41) is 9.24. The Bertz CT molecular complexity index is 424. The Labute approximate surface area is 92.9 Å². The zero-order chi connectivity index (χ0) is 11.8. The minimum atomic E-state index is -0.840. The molecule has 1 fully saturated rings. The molecule has 4 heteroatoms. The number of carboxylic acids is 1. The Morgan fingerprint density at radius 1 is 1.50 bits per heavy atom. The molecule has 86 valence electrons. The van der Waals surface area contributed by atoms with Crippen molar-refractivity contribution in [2.75, 3.05) is 7.11 Å². The zero-order valence-corrected chi connectivity index (χ0v) is 9.00. The van der Waals surface area contributed by atoms with Gasteiger partial charge in [0.05, 0.1) is 12.5 Å². The van der Waals surface area contributed by atoms with Crippen molar-refractivity contribution in [3.63, 3.8) is 0 Å². The average Bonchev–Trinajstić information content (AvgIpc) is 2.18. The monoisotopic (exact) mass is 224 g/mol. The Balaban J connectivity index is 2.43. The van der Waals surface area contributed by atoms with Gasteiger partial charge in [0.25, 0.3) is 0 Å². The molecule has 1 N–H and O–H groups in total. The topological polar surface area (TPSA) is 46.5 Å². The summed E-state index contributed by atoms with van der Waals surface area (Å²) in [6.45, 7) is 0. The van der Waals surface area contributed by atoms with Gasteiger partial charge in [0, 0.05) is 0 Å². The van der Waals surface area contributed by atoms with Gasteiger partial charge in [0.2, 0.25) is 0 Å². The predicted octanol–water partition coefficient (Wildman–Crippen LogP) is 2.34. The number of benzene rings is 1. The van der Waals surface area contributed by atoms with Crippen molar-refractivity contribution in [3.05, 3.63) is 29.6 Å². The highest BCUT2D eigenvalue weighted by Crippen LogP contribution is 2.45. The Kier molecular flexibility index (Phi) is 2.58. The van der Waals surface area contributed by atoms with Crippen molar-refractivity contribution >= 4 is 5.97 Å². The number of aliphatic carboxylic acids is 1. The number of carboxylic acid groups (broad SMARTS) is 1. The van der Waals surface area contributed by atoms with Crippen LogP contribution in [0.2, 0.25) is 0 Å². The number of hydrogen-bond donors (Lipinski definition) is 1. The molecule has 2 rings (SSSR count). The highest BCUT2D eigenvalue weighted by atomic mass is 19.1. The van der Waals surface area contributed by atoms with Crippen molar-refractivity contribution in [3.8, 4) is 5.75 Å². The van der Waals surface area contributed by atoms with Gasteiger partial charge in [0.15, 0.2) is 11.6 Å². The lowest BCUT2D eigenvalue weighted by molar-refractivity contribution is -0.147. The third-order valence-electron chi connectivity index (χ3n) is 3.32. The molecule has 1 saturated carbocycles. The Morgan fingerprint density at radius 2 is 2.19 bits per heavy atom. The van der Waals surface area contributed by atoms with Crippen LogP contribution < -0.4 is 4.74 Å². The van der Waals surface area contributed by atoms with E-state index in [1.54, 1.807) is 0 Å². The van der Waals surface area contributed by atoms with E-state index in [-0.39, 0.29) is 5.75 Å². The molecule has 1 aliphatic carbocycles. The molecule has 0 aromatic heterocycles. The molecule has 0 heterocycles. The quantitative estimate of drug-likeness (QED) is 0.857. The molecule has 1 aromatic carbocycles. The minimum absolute atomic E-state index is 0.102. The van der Waals surface area contributed by atoms with Gasteiger partial charge in [-0.05, 0) is 30.5 Å². The third-order valence-corrected chi connectivity index (χ3v) is 3.32. The molecule has 0 bridgehead atoms. The molecule has 0 radical (unpaired) electrons. The average molecular weight is 224 g/mol. The van der Waals surface area contributed by atoms with E-state index in [4.69, 9.17) is 4.74 Å². The van der Waals surface area contributed by atoms with Gasteiger partial charge in [-0.2, -0.15) is 0 Å². The Morgan fingerprint density at radius 3 is 2.62 bits per heavy atom. The SMILES string of the molecule is COc1cc(C2(C(=O)O)CCC2)ccc1F.